The highest BCUT2D eigenvalue weighted by Crippen LogP contribution is 2.23. The molecule has 0 spiro atoms. The average Bonchev–Trinajstić information content (AvgIpc) is 2.62. The smallest absolute Gasteiger partial charge is 0.315 e. The van der Waals surface area contributed by atoms with Gasteiger partial charge < -0.3 is 15.7 Å². The van der Waals surface area contributed by atoms with Gasteiger partial charge in [-0.25, -0.2) is 0 Å². The van der Waals surface area contributed by atoms with E-state index in [0.717, 1.165) is 28.9 Å². The molecule has 2 rings (SSSR count). The summed E-state index contributed by atoms with van der Waals surface area (Å²) in [6.07, 6.45) is -1.75. The number of aromatic nitrogens is 1. The molecule has 148 valence electrons. The highest BCUT2D eigenvalue weighted by molar-refractivity contribution is 5.76. The van der Waals surface area contributed by atoms with Gasteiger partial charge in [0.1, 0.15) is 0 Å². The molecule has 3 N–H and O–H groups in total. The molecule has 8 heteroatoms. The van der Waals surface area contributed by atoms with E-state index >= 15 is 0 Å². The summed E-state index contributed by atoms with van der Waals surface area (Å²) in [6, 6.07) is 11.6. The fourth-order valence-electron chi connectivity index (χ4n) is 2.18. The molecule has 0 aliphatic rings. The molecule has 0 aliphatic heterocycles. The number of carbonyl (C=O) groups excluding carboxylic acids is 1. The van der Waals surface area contributed by atoms with Crippen molar-refractivity contribution in [3.05, 3.63) is 53.9 Å². The second kappa shape index (κ2) is 11.3. The molecule has 0 fully saturated rings. The molecule has 1 atom stereocenters. The van der Waals surface area contributed by atoms with E-state index in [0.29, 0.717) is 0 Å². The highest BCUT2D eigenvalue weighted by Gasteiger charge is 2.08. The van der Waals surface area contributed by atoms with Gasteiger partial charge >= 0.3 is 6.43 Å². The lowest BCUT2D eigenvalue weighted by atomic mass is 10.0. The molecule has 0 aliphatic carbocycles. The number of nitrogens with zero attached hydrogens (tertiary/aromatic N) is 2. The number of halogens is 3. The molecule has 1 aromatic heterocycles. The zero-order chi connectivity index (χ0) is 20.4. The van der Waals surface area contributed by atoms with Gasteiger partial charge in [-0.15, -0.1) is 0 Å². The lowest BCUT2D eigenvalue weighted by Crippen LogP contribution is -2.19. The van der Waals surface area contributed by atoms with E-state index < -0.39 is 25.1 Å². The van der Waals surface area contributed by atoms with Crippen molar-refractivity contribution in [2.24, 2.45) is 5.73 Å². The maximum Gasteiger partial charge on any atom is 0.315 e. The van der Waals surface area contributed by atoms with Crippen LogP contribution in [0.3, 0.4) is 0 Å². The first kappa shape index (κ1) is 22.6. The zero-order valence-corrected chi connectivity index (χ0v) is 15.3. The van der Waals surface area contributed by atoms with Crippen LogP contribution in [0.5, 0.6) is 0 Å². The number of nitrogens with two attached hydrogens (primary N) is 1. The quantitative estimate of drug-likeness (QED) is 0.771. The van der Waals surface area contributed by atoms with Crippen LogP contribution in [0.1, 0.15) is 23.8 Å². The lowest BCUT2D eigenvalue weighted by molar-refractivity contribution is -0.128. The molecule has 5 nitrogen and oxygen atoms in total. The minimum Gasteiger partial charge on any atom is -0.388 e. The van der Waals surface area contributed by atoms with Gasteiger partial charge in [-0.2, -0.15) is 8.78 Å². The maximum absolute atomic E-state index is 12.2. The van der Waals surface area contributed by atoms with Crippen molar-refractivity contribution >= 4 is 5.91 Å². The number of carbonyl (C=O) groups is 1. The summed E-state index contributed by atoms with van der Waals surface area (Å²) in [6.45, 7) is 0.300. The van der Waals surface area contributed by atoms with Gasteiger partial charge in [0.2, 0.25) is 0 Å². The Morgan fingerprint density at radius 1 is 1.15 bits per heavy atom. The molecule has 1 amide bonds. The molecule has 1 aromatic carbocycles. The van der Waals surface area contributed by atoms with Crippen molar-refractivity contribution in [1.82, 2.24) is 9.88 Å². The molecular weight excluding hydrogens is 359 g/mol. The topological polar surface area (TPSA) is 79.4 Å². The van der Waals surface area contributed by atoms with Gasteiger partial charge in [-0.05, 0) is 31.3 Å². The van der Waals surface area contributed by atoms with Crippen molar-refractivity contribution in [1.29, 1.82) is 0 Å². The predicted molar refractivity (Wildman–Crippen MR) is 97.8 cm³/mol. The van der Waals surface area contributed by atoms with Crippen LogP contribution in [0.2, 0.25) is 0 Å². The van der Waals surface area contributed by atoms with Gasteiger partial charge in [0.25, 0.3) is 5.91 Å². The summed E-state index contributed by atoms with van der Waals surface area (Å²) in [5.74, 6) is -1.57. The van der Waals surface area contributed by atoms with E-state index in [1.165, 1.54) is 0 Å². The number of amides is 1. The van der Waals surface area contributed by atoms with E-state index in [4.69, 9.17) is 0 Å². The van der Waals surface area contributed by atoms with Crippen molar-refractivity contribution < 1.29 is 23.1 Å². The molecule has 27 heavy (non-hydrogen) atoms. The van der Waals surface area contributed by atoms with Gasteiger partial charge in [-0.1, -0.05) is 30.3 Å². The van der Waals surface area contributed by atoms with Crippen molar-refractivity contribution in [3.63, 3.8) is 0 Å². The van der Waals surface area contributed by atoms with Crippen molar-refractivity contribution in [2.75, 3.05) is 20.8 Å². The van der Waals surface area contributed by atoms with Crippen LogP contribution in [0.25, 0.3) is 11.1 Å². The first-order chi connectivity index (χ1) is 12.7. The molecule has 1 unspecified atom stereocenters. The first-order valence-electron chi connectivity index (χ1n) is 8.26. The Balaban J connectivity index is 0.000000527. The number of aliphatic hydroxyl groups is 1. The summed E-state index contributed by atoms with van der Waals surface area (Å²) >= 11 is 0. The Kier molecular flexibility index (Phi) is 9.46. The Morgan fingerprint density at radius 2 is 1.70 bits per heavy atom. The van der Waals surface area contributed by atoms with Gasteiger partial charge in [-0.3, -0.25) is 14.2 Å². The van der Waals surface area contributed by atoms with Crippen LogP contribution >= 0.6 is 0 Å². The summed E-state index contributed by atoms with van der Waals surface area (Å²) < 4.78 is 33.6. The predicted octanol–water partition coefficient (Wildman–Crippen LogP) is 2.94. The van der Waals surface area contributed by atoms with Crippen LogP contribution in [-0.2, 0) is 11.3 Å². The van der Waals surface area contributed by atoms with E-state index in [2.05, 4.69) is 15.6 Å². The molecule has 0 bridgehead atoms. The standard InChI is InChI=1S/C17H21FN2O.C2H3F2NO/c1-20(2)12-16-8-7-15(11-19-16)13-3-5-14(6-4-13)17(21)9-10-18;3-1(4)2(5)6/h3-8,11,17,21H,9-10,12H2,1-2H3;1H,(H2,5,6). The van der Waals surface area contributed by atoms with Crippen LogP contribution in [0.15, 0.2) is 42.6 Å². The summed E-state index contributed by atoms with van der Waals surface area (Å²) in [4.78, 5) is 15.7. The third-order valence-electron chi connectivity index (χ3n) is 3.53. The average molecular weight is 383 g/mol. The van der Waals surface area contributed by atoms with Gasteiger partial charge in [0.05, 0.1) is 18.5 Å². The summed E-state index contributed by atoms with van der Waals surface area (Å²) in [5, 5.41) is 9.75. The minimum absolute atomic E-state index is 0.139. The Bertz CT molecular complexity index is 692. The number of primary amides is 1. The molecule has 0 radical (unpaired) electrons. The van der Waals surface area contributed by atoms with Gasteiger partial charge in [0.15, 0.2) is 0 Å². The second-order valence-corrected chi connectivity index (χ2v) is 6.09. The number of aliphatic hydroxyl groups excluding tert-OH is 1. The fourth-order valence-corrected chi connectivity index (χ4v) is 2.18. The zero-order valence-electron chi connectivity index (χ0n) is 15.3. The number of hydrogen-bond acceptors (Lipinski definition) is 4. The number of pyridine rings is 1. The van der Waals surface area contributed by atoms with Crippen LogP contribution in [0, 0.1) is 0 Å². The Morgan fingerprint density at radius 3 is 2.11 bits per heavy atom. The molecule has 1 heterocycles. The SMILES string of the molecule is CN(C)Cc1ccc(-c2ccc(C(O)CCF)cc2)cn1.NC(=O)C(F)F. The second-order valence-electron chi connectivity index (χ2n) is 6.09. The minimum atomic E-state index is -3.01. The summed E-state index contributed by atoms with van der Waals surface area (Å²) in [7, 11) is 4.02. The summed E-state index contributed by atoms with van der Waals surface area (Å²) in [5.41, 5.74) is 7.89. The molecular formula is C19H24F3N3O2. The van der Waals surface area contributed by atoms with Crippen LogP contribution in [0.4, 0.5) is 13.2 Å². The fraction of sp³-hybridized carbons (Fsp3) is 0.368. The normalized spacial score (nSPS) is 11.9. The number of alkyl halides is 3. The third-order valence-corrected chi connectivity index (χ3v) is 3.53. The number of rotatable bonds is 7. The van der Waals surface area contributed by atoms with Crippen LogP contribution in [-0.4, -0.2) is 48.1 Å². The molecule has 2 aromatic rings. The first-order valence-corrected chi connectivity index (χ1v) is 8.26. The van der Waals surface area contributed by atoms with E-state index in [1.807, 2.05) is 56.7 Å². The molecule has 0 saturated carbocycles. The van der Waals surface area contributed by atoms with Crippen molar-refractivity contribution in [3.8, 4) is 11.1 Å². The van der Waals surface area contributed by atoms with Crippen molar-refractivity contribution in [2.45, 2.75) is 25.5 Å². The monoisotopic (exact) mass is 383 g/mol. The maximum atomic E-state index is 12.2. The largest absolute Gasteiger partial charge is 0.388 e. The Hall–Kier alpha value is -2.45. The Labute approximate surface area is 156 Å². The number of hydrogen-bond donors (Lipinski definition) is 2. The molecule has 0 saturated heterocycles. The van der Waals surface area contributed by atoms with E-state index in [1.54, 1.807) is 0 Å². The third kappa shape index (κ3) is 8.19. The van der Waals surface area contributed by atoms with Gasteiger partial charge in [0, 0.05) is 24.7 Å². The highest BCUT2D eigenvalue weighted by atomic mass is 19.3. The van der Waals surface area contributed by atoms with E-state index in [-0.39, 0.29) is 6.42 Å². The lowest BCUT2D eigenvalue weighted by Gasteiger charge is -2.11. The number of benzene rings is 1. The van der Waals surface area contributed by atoms with Crippen LogP contribution < -0.4 is 5.73 Å². The van der Waals surface area contributed by atoms with E-state index in [9.17, 15) is 23.1 Å².